The van der Waals surface area contributed by atoms with Crippen LogP contribution < -0.4 is 5.32 Å². The fourth-order valence-corrected chi connectivity index (χ4v) is 1.94. The summed E-state index contributed by atoms with van der Waals surface area (Å²) in [5, 5.41) is 2.18. The molecular weight excluding hydrogens is 328 g/mol. The number of anilines is 1. The maximum Gasteiger partial charge on any atom is 0.331 e. The summed E-state index contributed by atoms with van der Waals surface area (Å²) in [6.45, 7) is 3.29. The van der Waals surface area contributed by atoms with Crippen molar-refractivity contribution in [3.8, 4) is 0 Å². The summed E-state index contributed by atoms with van der Waals surface area (Å²) >= 11 is 0. The van der Waals surface area contributed by atoms with Crippen molar-refractivity contribution in [2.45, 2.75) is 20.0 Å². The van der Waals surface area contributed by atoms with Crippen molar-refractivity contribution >= 4 is 23.6 Å². The van der Waals surface area contributed by atoms with Crippen LogP contribution in [0.25, 0.3) is 6.08 Å². The van der Waals surface area contributed by atoms with E-state index in [1.54, 1.807) is 6.08 Å². The lowest BCUT2D eigenvalue weighted by Crippen LogP contribution is -2.29. The van der Waals surface area contributed by atoms with E-state index in [0.29, 0.717) is 0 Å². The number of halogens is 2. The normalized spacial score (nSPS) is 12.0. The number of ether oxygens (including phenoxy) is 1. The van der Waals surface area contributed by atoms with Crippen LogP contribution in [0.1, 0.15) is 18.1 Å². The molecule has 2 rings (SSSR count). The lowest BCUT2D eigenvalue weighted by Gasteiger charge is -2.12. The molecule has 6 heteroatoms. The Morgan fingerprint density at radius 2 is 1.80 bits per heavy atom. The molecule has 0 radical (unpaired) electrons. The Hall–Kier alpha value is -3.02. The van der Waals surface area contributed by atoms with Gasteiger partial charge in [0, 0.05) is 12.1 Å². The standard InChI is InChI=1S/C19H17F2NO3/c1-12-3-5-14(6-4-12)7-10-18(23)25-13(2)19(24)22-17-11-15(20)8-9-16(17)21/h3-11,13H,1-2H3,(H,22,24)/b10-7+/t13-/m1/s1. The van der Waals surface area contributed by atoms with E-state index in [1.807, 2.05) is 31.2 Å². The molecule has 0 aliphatic heterocycles. The first kappa shape index (κ1) is 18.3. The minimum absolute atomic E-state index is 0.317. The van der Waals surface area contributed by atoms with E-state index in [0.717, 1.165) is 29.3 Å². The van der Waals surface area contributed by atoms with Crippen molar-refractivity contribution in [2.24, 2.45) is 0 Å². The fraction of sp³-hybridized carbons (Fsp3) is 0.158. The molecule has 2 aromatic rings. The van der Waals surface area contributed by atoms with Crippen molar-refractivity contribution in [1.29, 1.82) is 0 Å². The number of hydrogen-bond acceptors (Lipinski definition) is 3. The van der Waals surface area contributed by atoms with Crippen molar-refractivity contribution in [3.05, 3.63) is 71.3 Å². The largest absolute Gasteiger partial charge is 0.449 e. The van der Waals surface area contributed by atoms with Gasteiger partial charge in [-0.25, -0.2) is 13.6 Å². The van der Waals surface area contributed by atoms with E-state index >= 15 is 0 Å². The molecule has 0 aromatic heterocycles. The van der Waals surface area contributed by atoms with E-state index < -0.39 is 29.6 Å². The molecule has 25 heavy (non-hydrogen) atoms. The Labute approximate surface area is 144 Å². The number of rotatable bonds is 5. The smallest absolute Gasteiger partial charge is 0.331 e. The quantitative estimate of drug-likeness (QED) is 0.661. The Morgan fingerprint density at radius 1 is 1.12 bits per heavy atom. The van der Waals surface area contributed by atoms with Crippen molar-refractivity contribution in [3.63, 3.8) is 0 Å². The predicted molar refractivity (Wildman–Crippen MR) is 90.8 cm³/mol. The SMILES string of the molecule is Cc1ccc(/C=C/C(=O)O[C@H](C)C(=O)Nc2cc(F)ccc2F)cc1. The number of nitrogens with one attached hydrogen (secondary N) is 1. The first-order chi connectivity index (χ1) is 11.8. The van der Waals surface area contributed by atoms with Gasteiger partial charge in [-0.15, -0.1) is 0 Å². The van der Waals surface area contributed by atoms with Crippen LogP contribution >= 0.6 is 0 Å². The average Bonchev–Trinajstić information content (AvgIpc) is 2.57. The number of benzene rings is 2. The number of esters is 1. The van der Waals surface area contributed by atoms with Gasteiger partial charge in [-0.2, -0.15) is 0 Å². The number of aryl methyl sites for hydroxylation is 1. The third-order valence-electron chi connectivity index (χ3n) is 3.34. The Bertz CT molecular complexity index is 801. The second-order valence-electron chi connectivity index (χ2n) is 5.44. The highest BCUT2D eigenvalue weighted by atomic mass is 19.1. The molecule has 0 unspecified atom stereocenters. The monoisotopic (exact) mass is 345 g/mol. The molecule has 2 aromatic carbocycles. The lowest BCUT2D eigenvalue weighted by molar-refractivity contribution is -0.148. The summed E-state index contributed by atoms with van der Waals surface area (Å²) in [4.78, 5) is 23.7. The fourth-order valence-electron chi connectivity index (χ4n) is 1.94. The molecule has 0 aliphatic rings. The third kappa shape index (κ3) is 5.53. The van der Waals surface area contributed by atoms with Gasteiger partial charge in [0.25, 0.3) is 5.91 Å². The molecule has 1 amide bonds. The Balaban J connectivity index is 1.92. The first-order valence-corrected chi connectivity index (χ1v) is 7.56. The van der Waals surface area contributed by atoms with Gasteiger partial charge in [-0.3, -0.25) is 4.79 Å². The molecule has 130 valence electrons. The summed E-state index contributed by atoms with van der Waals surface area (Å²) in [6, 6.07) is 10.1. The second-order valence-corrected chi connectivity index (χ2v) is 5.44. The molecule has 0 saturated heterocycles. The number of carbonyl (C=O) groups is 2. The molecule has 0 bridgehead atoms. The van der Waals surface area contributed by atoms with Crippen molar-refractivity contribution in [1.82, 2.24) is 0 Å². The number of hydrogen-bond donors (Lipinski definition) is 1. The van der Waals surface area contributed by atoms with Crippen molar-refractivity contribution < 1.29 is 23.1 Å². The van der Waals surface area contributed by atoms with Crippen LogP contribution in [0.4, 0.5) is 14.5 Å². The second kappa shape index (κ2) is 8.19. The van der Waals surface area contributed by atoms with Crippen LogP contribution in [0, 0.1) is 18.6 Å². The maximum absolute atomic E-state index is 13.5. The summed E-state index contributed by atoms with van der Waals surface area (Å²) in [7, 11) is 0. The highest BCUT2D eigenvalue weighted by molar-refractivity contribution is 5.96. The average molecular weight is 345 g/mol. The molecule has 0 aliphatic carbocycles. The summed E-state index contributed by atoms with van der Waals surface area (Å²) in [6.07, 6.45) is 1.58. The minimum atomic E-state index is -1.17. The Morgan fingerprint density at radius 3 is 2.48 bits per heavy atom. The van der Waals surface area contributed by atoms with Crippen LogP contribution in [0.15, 0.2) is 48.5 Å². The molecule has 0 heterocycles. The van der Waals surface area contributed by atoms with Crippen LogP contribution in [0.3, 0.4) is 0 Å². The molecule has 0 fully saturated rings. The molecule has 4 nitrogen and oxygen atoms in total. The van der Waals surface area contributed by atoms with Gasteiger partial charge in [0.2, 0.25) is 0 Å². The third-order valence-corrected chi connectivity index (χ3v) is 3.34. The van der Waals surface area contributed by atoms with Crippen LogP contribution in [-0.2, 0) is 14.3 Å². The lowest BCUT2D eigenvalue weighted by atomic mass is 10.1. The molecule has 1 atom stereocenters. The minimum Gasteiger partial charge on any atom is -0.449 e. The zero-order valence-electron chi connectivity index (χ0n) is 13.8. The molecule has 0 spiro atoms. The number of amides is 1. The van der Waals surface area contributed by atoms with Gasteiger partial charge in [0.1, 0.15) is 11.6 Å². The van der Waals surface area contributed by atoms with E-state index in [1.165, 1.54) is 13.0 Å². The van der Waals surface area contributed by atoms with E-state index in [9.17, 15) is 18.4 Å². The van der Waals surface area contributed by atoms with Crippen LogP contribution in [-0.4, -0.2) is 18.0 Å². The zero-order valence-corrected chi connectivity index (χ0v) is 13.8. The van der Waals surface area contributed by atoms with Gasteiger partial charge >= 0.3 is 5.97 Å². The van der Waals surface area contributed by atoms with Gasteiger partial charge in [0.05, 0.1) is 5.69 Å². The maximum atomic E-state index is 13.5. The number of carbonyl (C=O) groups excluding carboxylic acids is 2. The molecule has 0 saturated carbocycles. The summed E-state index contributed by atoms with van der Waals surface area (Å²) in [5.41, 5.74) is 1.58. The highest BCUT2D eigenvalue weighted by Crippen LogP contribution is 2.16. The summed E-state index contributed by atoms with van der Waals surface area (Å²) in [5.74, 6) is -2.96. The van der Waals surface area contributed by atoms with Gasteiger partial charge in [0.15, 0.2) is 6.10 Å². The first-order valence-electron chi connectivity index (χ1n) is 7.56. The topological polar surface area (TPSA) is 55.4 Å². The van der Waals surface area contributed by atoms with Gasteiger partial charge in [-0.1, -0.05) is 29.8 Å². The van der Waals surface area contributed by atoms with Gasteiger partial charge in [-0.05, 0) is 37.6 Å². The highest BCUT2D eigenvalue weighted by Gasteiger charge is 2.18. The molecular formula is C19H17F2NO3. The molecule has 1 N–H and O–H groups in total. The van der Waals surface area contributed by atoms with E-state index in [-0.39, 0.29) is 5.69 Å². The van der Waals surface area contributed by atoms with Gasteiger partial charge < -0.3 is 10.1 Å². The van der Waals surface area contributed by atoms with Crippen LogP contribution in [0.2, 0.25) is 0 Å². The van der Waals surface area contributed by atoms with Crippen molar-refractivity contribution in [2.75, 3.05) is 5.32 Å². The van der Waals surface area contributed by atoms with Crippen LogP contribution in [0.5, 0.6) is 0 Å². The van der Waals surface area contributed by atoms with E-state index in [2.05, 4.69) is 5.32 Å². The zero-order chi connectivity index (χ0) is 18.4. The summed E-state index contributed by atoms with van der Waals surface area (Å²) < 4.78 is 31.5. The Kier molecular flexibility index (Phi) is 6.00. The predicted octanol–water partition coefficient (Wildman–Crippen LogP) is 3.86. The van der Waals surface area contributed by atoms with E-state index in [4.69, 9.17) is 4.74 Å².